The zero-order valence-electron chi connectivity index (χ0n) is 18.8. The Morgan fingerprint density at radius 1 is 0.848 bits per heavy atom. The summed E-state index contributed by atoms with van der Waals surface area (Å²) in [4.78, 5) is 2.55. The van der Waals surface area contributed by atoms with Gasteiger partial charge in [0.1, 0.15) is 0 Å². The smallest absolute Gasteiger partial charge is 0.0679 e. The van der Waals surface area contributed by atoms with Crippen molar-refractivity contribution in [1.82, 2.24) is 4.31 Å². The molecule has 6 heteroatoms. The predicted octanol–water partition coefficient (Wildman–Crippen LogP) is 8.35. The second-order valence-electron chi connectivity index (χ2n) is 8.38. The van der Waals surface area contributed by atoms with E-state index in [-0.39, 0.29) is 6.04 Å². The fourth-order valence-electron chi connectivity index (χ4n) is 4.42. The minimum Gasteiger partial charge on any atom is -0.362 e. The molecule has 1 saturated heterocycles. The number of aryl methyl sites for hydroxylation is 2. The number of hydrogen-bond donors (Lipinski definition) is 0. The van der Waals surface area contributed by atoms with Gasteiger partial charge in [-0.15, -0.1) is 0 Å². The molecule has 1 fully saturated rings. The van der Waals surface area contributed by atoms with E-state index in [1.54, 1.807) is 0 Å². The minimum absolute atomic E-state index is 0.256. The van der Waals surface area contributed by atoms with Crippen LogP contribution in [0.25, 0.3) is 0 Å². The summed E-state index contributed by atoms with van der Waals surface area (Å²) >= 11 is 20.6. The maximum absolute atomic E-state index is 6.35. The van der Waals surface area contributed by atoms with Crippen molar-refractivity contribution in [1.29, 1.82) is 0 Å². The van der Waals surface area contributed by atoms with E-state index in [0.29, 0.717) is 0 Å². The van der Waals surface area contributed by atoms with Crippen molar-refractivity contribution < 1.29 is 0 Å². The first-order valence-corrected chi connectivity index (χ1v) is 13.5. The highest BCUT2D eigenvalue weighted by Gasteiger charge is 2.30. The van der Waals surface area contributed by atoms with Crippen LogP contribution in [0, 0.1) is 0 Å². The molecule has 1 aliphatic rings. The van der Waals surface area contributed by atoms with E-state index in [1.165, 1.54) is 22.4 Å². The third-order valence-corrected chi connectivity index (χ3v) is 7.83. The molecule has 0 radical (unpaired) electrons. The van der Waals surface area contributed by atoms with E-state index >= 15 is 0 Å². The van der Waals surface area contributed by atoms with Gasteiger partial charge < -0.3 is 4.90 Å². The number of anilines is 1. The normalized spacial score (nSPS) is 16.8. The second-order valence-corrected chi connectivity index (χ2v) is 10.9. The molecule has 3 aromatic rings. The van der Waals surface area contributed by atoms with Crippen LogP contribution < -0.4 is 4.90 Å². The molecule has 0 spiro atoms. The summed E-state index contributed by atoms with van der Waals surface area (Å²) in [6, 6.07) is 23.1. The van der Waals surface area contributed by atoms with Crippen LogP contribution in [0.1, 0.15) is 36.1 Å². The largest absolute Gasteiger partial charge is 0.362 e. The molecule has 4 rings (SSSR count). The summed E-state index contributed by atoms with van der Waals surface area (Å²) < 4.78 is 2.51. The molecule has 1 heterocycles. The minimum atomic E-state index is 0.256. The van der Waals surface area contributed by atoms with Crippen LogP contribution >= 0.6 is 46.8 Å². The molecule has 174 valence electrons. The molecule has 0 amide bonds. The average molecular weight is 520 g/mol. The Labute approximate surface area is 217 Å². The van der Waals surface area contributed by atoms with Crippen molar-refractivity contribution in [3.05, 3.63) is 98.5 Å². The number of hydrogen-bond acceptors (Lipinski definition) is 3. The Kier molecular flexibility index (Phi) is 8.90. The highest BCUT2D eigenvalue weighted by molar-refractivity contribution is 7.97. The van der Waals surface area contributed by atoms with Gasteiger partial charge in [0.05, 0.1) is 6.04 Å². The monoisotopic (exact) mass is 518 g/mol. The number of nitrogens with zero attached hydrogens (tertiary/aromatic N) is 2. The third-order valence-electron chi connectivity index (χ3n) is 6.02. The summed E-state index contributed by atoms with van der Waals surface area (Å²) in [7, 11) is 0. The molecule has 0 bridgehead atoms. The van der Waals surface area contributed by atoms with Gasteiger partial charge in [-0.1, -0.05) is 84.4 Å². The van der Waals surface area contributed by atoms with E-state index in [1.807, 2.05) is 42.3 Å². The Bertz CT molecular complexity index is 1060. The molecule has 0 aliphatic carbocycles. The van der Waals surface area contributed by atoms with Gasteiger partial charge in [-0.25, -0.2) is 4.31 Å². The number of rotatable bonds is 8. The molecule has 0 saturated carbocycles. The first-order valence-electron chi connectivity index (χ1n) is 11.5. The molecule has 1 unspecified atom stereocenters. The Morgan fingerprint density at radius 3 is 2.36 bits per heavy atom. The maximum Gasteiger partial charge on any atom is 0.0679 e. The molecule has 2 nitrogen and oxygen atoms in total. The van der Waals surface area contributed by atoms with Crippen molar-refractivity contribution >= 4 is 52.4 Å². The van der Waals surface area contributed by atoms with E-state index in [2.05, 4.69) is 52.5 Å². The topological polar surface area (TPSA) is 6.48 Å². The van der Waals surface area contributed by atoms with Crippen molar-refractivity contribution in [3.8, 4) is 0 Å². The summed E-state index contributed by atoms with van der Waals surface area (Å²) in [6.45, 7) is 5.15. The van der Waals surface area contributed by atoms with Crippen LogP contribution in [0.15, 0.2) is 66.7 Å². The van der Waals surface area contributed by atoms with Crippen LogP contribution in [0.2, 0.25) is 15.1 Å². The highest BCUT2D eigenvalue weighted by Crippen LogP contribution is 2.36. The van der Waals surface area contributed by atoms with Gasteiger partial charge in [-0.05, 0) is 72.0 Å². The molecular formula is C27H29Cl3N2S. The molecule has 0 N–H and O–H groups in total. The molecule has 1 aliphatic heterocycles. The van der Waals surface area contributed by atoms with Crippen LogP contribution in [0.4, 0.5) is 5.69 Å². The Balaban J connectivity index is 1.52. The summed E-state index contributed by atoms with van der Waals surface area (Å²) in [5.74, 6) is 1.04. The zero-order chi connectivity index (χ0) is 23.2. The van der Waals surface area contributed by atoms with Gasteiger partial charge in [0.2, 0.25) is 0 Å². The summed E-state index contributed by atoms with van der Waals surface area (Å²) in [5.41, 5.74) is 5.20. The quantitative estimate of drug-likeness (QED) is 0.276. The van der Waals surface area contributed by atoms with E-state index in [9.17, 15) is 0 Å². The second kappa shape index (κ2) is 11.9. The lowest BCUT2D eigenvalue weighted by molar-refractivity contribution is 0.365. The van der Waals surface area contributed by atoms with Gasteiger partial charge in [0, 0.05) is 46.1 Å². The van der Waals surface area contributed by atoms with Crippen molar-refractivity contribution in [2.45, 2.75) is 32.2 Å². The van der Waals surface area contributed by atoms with Crippen molar-refractivity contribution in [3.63, 3.8) is 0 Å². The van der Waals surface area contributed by atoms with Crippen LogP contribution in [0.5, 0.6) is 0 Å². The molecule has 3 aromatic carbocycles. The maximum atomic E-state index is 6.35. The van der Waals surface area contributed by atoms with Gasteiger partial charge >= 0.3 is 0 Å². The van der Waals surface area contributed by atoms with Gasteiger partial charge in [-0.3, -0.25) is 0 Å². The van der Waals surface area contributed by atoms with Crippen LogP contribution in [-0.4, -0.2) is 29.7 Å². The van der Waals surface area contributed by atoms with E-state index in [4.69, 9.17) is 34.8 Å². The highest BCUT2D eigenvalue weighted by atomic mass is 35.5. The fraction of sp³-hybridized carbons (Fsp3) is 0.333. The first-order chi connectivity index (χ1) is 16.0. The summed E-state index contributed by atoms with van der Waals surface area (Å²) in [6.07, 6.45) is 3.13. The molecule has 0 aromatic heterocycles. The predicted molar refractivity (Wildman–Crippen MR) is 146 cm³/mol. The van der Waals surface area contributed by atoms with Gasteiger partial charge in [0.25, 0.3) is 0 Å². The third kappa shape index (κ3) is 6.61. The van der Waals surface area contributed by atoms with Crippen molar-refractivity contribution in [2.24, 2.45) is 0 Å². The average Bonchev–Trinajstić information content (AvgIpc) is 2.80. The molecule has 33 heavy (non-hydrogen) atoms. The SMILES string of the molecule is CCCc1cc(Cl)ccc1N1CCN(SCCc2cccc(Cl)c2)CC1c1ccc(Cl)cc1. The Hall–Kier alpha value is -1.36. The Morgan fingerprint density at radius 2 is 1.61 bits per heavy atom. The number of benzene rings is 3. The van der Waals surface area contributed by atoms with E-state index < -0.39 is 0 Å². The van der Waals surface area contributed by atoms with Crippen LogP contribution in [-0.2, 0) is 12.8 Å². The van der Waals surface area contributed by atoms with E-state index in [0.717, 1.165) is 59.7 Å². The van der Waals surface area contributed by atoms with Crippen molar-refractivity contribution in [2.75, 3.05) is 30.3 Å². The fourth-order valence-corrected chi connectivity index (χ4v) is 6.00. The number of halogens is 3. The standard InChI is InChI=1S/C27H29Cl3N2S/c1-2-4-22-18-25(30)11-12-26(22)32-15-14-31(19-27(32)21-7-9-23(28)10-8-21)33-16-13-20-5-3-6-24(29)17-20/h3,5-12,17-18,27H,2,4,13-16,19H2,1H3. The lowest BCUT2D eigenvalue weighted by atomic mass is 9.99. The van der Waals surface area contributed by atoms with Crippen LogP contribution in [0.3, 0.4) is 0 Å². The zero-order valence-corrected chi connectivity index (χ0v) is 21.9. The number of piperazine rings is 1. The molecular weight excluding hydrogens is 491 g/mol. The van der Waals surface area contributed by atoms with Gasteiger partial charge in [-0.2, -0.15) is 0 Å². The lowest BCUT2D eigenvalue weighted by Crippen LogP contribution is -2.46. The summed E-state index contributed by atoms with van der Waals surface area (Å²) in [5, 5.41) is 2.38. The van der Waals surface area contributed by atoms with Gasteiger partial charge in [0.15, 0.2) is 0 Å². The molecule has 1 atom stereocenters. The lowest BCUT2D eigenvalue weighted by Gasteiger charge is -2.43. The first kappa shape index (κ1) is 24.8.